The van der Waals surface area contributed by atoms with Gasteiger partial charge in [0.25, 0.3) is 2.86 Å². The quantitative estimate of drug-likeness (QED) is 0.0461. The molecule has 2 aromatic carbocycles. The van der Waals surface area contributed by atoms with Gasteiger partial charge in [0, 0.05) is 30.7 Å². The third kappa shape index (κ3) is 30.4. The van der Waals surface area contributed by atoms with Crippen LogP contribution in [0, 0.1) is 4.93 Å². The Labute approximate surface area is 369 Å². The first-order chi connectivity index (χ1) is 19.2. The van der Waals surface area contributed by atoms with Crippen LogP contribution in [0.3, 0.4) is 0 Å². The SMILES string of the molecule is CI.CN([PH-])OOC=O.[2H]C([2H])(Cl)Cl.[2H]C1([2H])Oc2ccc(OC)cc2O1.[2H]Oc1ccc(OC)cc1O[2H].[CH2-]I.[K+].[K+].[V]. The van der Waals surface area contributed by atoms with Crippen LogP contribution in [0.4, 0.5) is 0 Å². The van der Waals surface area contributed by atoms with Gasteiger partial charge in [-0.25, -0.2) is 0 Å². The number of hydrogen-bond donors (Lipinski definition) is 2. The van der Waals surface area contributed by atoms with E-state index in [0.29, 0.717) is 23.0 Å². The van der Waals surface area contributed by atoms with Gasteiger partial charge in [-0.05, 0) is 36.2 Å². The van der Waals surface area contributed by atoms with Crippen molar-refractivity contribution in [3.05, 3.63) is 41.3 Å². The average Bonchev–Trinajstić information content (AvgIpc) is 3.26. The molecule has 0 bridgehead atoms. The van der Waals surface area contributed by atoms with Crippen molar-refractivity contribution in [1.29, 1.82) is 2.86 Å². The zero-order valence-corrected chi connectivity index (χ0v) is 35.8. The largest absolute Gasteiger partial charge is 1.00 e. The molecule has 0 atom stereocenters. The summed E-state index contributed by atoms with van der Waals surface area (Å²) in [4.78, 5) is 23.4. The molecule has 0 amide bonds. The number of alkyl halides is 3. The summed E-state index contributed by atoms with van der Waals surface area (Å²) in [5, 5.41) is 6.33. The number of carbonyl (C=O) groups excluding carboxylic acids is 1. The monoisotopic (exact) mass is 916 g/mol. The standard InChI is InChI=1S/C8H8O3.C7H8O3.C2H5NO3P.CH2Cl2.CH3I.CH2I.2K.V/c1-9-6-2-3-7-8(4-6)11-5-10-7;1-10-5-2-3-6(8)7(9)4-5;1-3(7)6-5-2-4;2-1-3;2*1-2;;;/h2-4H,5H2,1H3;2-4,8-9H,1H3;2,7H,1H3;1H2;1H3;1H2;;;/q;;-1;;;-1;2*+1;/i5D2;;;1D2;;;;;/hD2. The van der Waals surface area contributed by atoms with E-state index >= 15 is 0 Å². The number of fused-ring (bicyclic) bond motifs is 1. The molecule has 18 heteroatoms. The number of phenols is 2. The van der Waals surface area contributed by atoms with Crippen LogP contribution in [0.25, 0.3) is 0 Å². The van der Waals surface area contributed by atoms with Crippen molar-refractivity contribution >= 4 is 84.2 Å². The van der Waals surface area contributed by atoms with Crippen molar-refractivity contribution in [3.8, 4) is 34.5 Å². The minimum absolute atomic E-state index is 0. The summed E-state index contributed by atoms with van der Waals surface area (Å²) in [6.07, 6.45) is 0. The molecule has 0 unspecified atom stereocenters. The van der Waals surface area contributed by atoms with E-state index < -0.39 is 12.0 Å². The molecule has 0 saturated carbocycles. The number of rotatable bonds is 7. The molecule has 2 aromatic rings. The van der Waals surface area contributed by atoms with E-state index in [9.17, 15) is 4.79 Å². The Bertz CT molecular complexity index is 986. The summed E-state index contributed by atoms with van der Waals surface area (Å²) < 4.78 is 59.4. The Morgan fingerprint density at radius 1 is 1.11 bits per heavy atom. The molecule has 207 valence electrons. The maximum atomic E-state index is 9.31. The molecule has 3 rings (SSSR count). The molecule has 2 N–H and O–H groups in total. The maximum Gasteiger partial charge on any atom is 1.00 e. The number of nitrogens with zero attached hydrogens (tertiary/aromatic N) is 1. The maximum absolute atomic E-state index is 9.31. The summed E-state index contributed by atoms with van der Waals surface area (Å²) in [7, 11) is 7.40. The van der Waals surface area contributed by atoms with Crippen molar-refractivity contribution in [2.24, 2.45) is 0 Å². The number of aromatic hydroxyl groups is 2. The van der Waals surface area contributed by atoms with Crippen LogP contribution in [0.2, 0.25) is 0 Å². The van der Waals surface area contributed by atoms with Gasteiger partial charge in [-0.15, -0.1) is 28.2 Å². The zero-order valence-electron chi connectivity index (χ0n) is 27.3. The second-order valence-corrected chi connectivity index (χ2v) is 5.95. The number of phenolic OH excluding ortho intramolecular Hbond substituents is 2. The molecular weight excluding hydrogens is 883 g/mol. The van der Waals surface area contributed by atoms with Crippen LogP contribution in [0.5, 0.6) is 34.5 Å². The van der Waals surface area contributed by atoms with Crippen molar-refractivity contribution in [2.75, 3.05) is 38.2 Å². The van der Waals surface area contributed by atoms with Gasteiger partial charge in [0.05, 0.1) is 22.3 Å². The van der Waals surface area contributed by atoms with Gasteiger partial charge in [0.2, 0.25) is 6.75 Å². The number of methoxy groups -OCH3 is 2. The topological polar surface area (TPSA) is 116 Å². The minimum atomic E-state index is -2.06. The van der Waals surface area contributed by atoms with E-state index in [1.165, 1.54) is 33.4 Å². The van der Waals surface area contributed by atoms with Crippen molar-refractivity contribution in [2.45, 2.75) is 0 Å². The van der Waals surface area contributed by atoms with E-state index in [4.69, 9.17) is 27.3 Å². The fourth-order valence-electron chi connectivity index (χ4n) is 1.59. The van der Waals surface area contributed by atoms with Gasteiger partial charge in [0.15, 0.2) is 23.0 Å². The van der Waals surface area contributed by atoms with Gasteiger partial charge in [-0.1, -0.05) is 22.6 Å². The van der Waals surface area contributed by atoms with Crippen molar-refractivity contribution < 1.29 is 171 Å². The fourth-order valence-corrected chi connectivity index (χ4v) is 1.63. The molecule has 0 spiro atoms. The minimum Gasteiger partial charge on any atom is -0.504 e. The Morgan fingerprint density at radius 3 is 2.00 bits per heavy atom. The second-order valence-electron chi connectivity index (χ2n) is 4.75. The van der Waals surface area contributed by atoms with Crippen LogP contribution in [0.15, 0.2) is 36.4 Å². The fraction of sp³-hybridized carbons (Fsp3) is 0.300. The first-order valence-electron chi connectivity index (χ1n) is 11.3. The van der Waals surface area contributed by atoms with Crippen LogP contribution >= 0.6 is 77.8 Å². The van der Waals surface area contributed by atoms with Crippen LogP contribution in [0.1, 0.15) is 5.48 Å². The van der Waals surface area contributed by atoms with Gasteiger partial charge >= 0.3 is 109 Å². The van der Waals surface area contributed by atoms with Crippen molar-refractivity contribution in [3.63, 3.8) is 0 Å². The van der Waals surface area contributed by atoms with E-state index in [2.05, 4.69) is 80.2 Å². The first kappa shape index (κ1) is 39.0. The molecule has 0 aromatic heterocycles. The number of benzene rings is 2. The third-order valence-electron chi connectivity index (χ3n) is 2.80. The number of carbonyl (C=O) groups is 1. The van der Waals surface area contributed by atoms with Gasteiger partial charge < -0.3 is 66.0 Å². The van der Waals surface area contributed by atoms with Gasteiger partial charge in [-0.2, -0.15) is 0 Å². The molecule has 0 fully saturated rings. The zero-order chi connectivity index (χ0) is 32.6. The summed E-state index contributed by atoms with van der Waals surface area (Å²) in [6, 6.07) is 9.46. The summed E-state index contributed by atoms with van der Waals surface area (Å²) in [6.45, 7) is -1.88. The summed E-state index contributed by atoms with van der Waals surface area (Å²) in [5.74, 6) is 2.27. The van der Waals surface area contributed by atoms with E-state index in [1.54, 1.807) is 24.3 Å². The summed E-state index contributed by atoms with van der Waals surface area (Å²) >= 11 is 13.3. The molecule has 0 saturated heterocycles. The number of ether oxygens (including phenoxy) is 4. The number of hydroxylamine groups is 1. The normalized spacial score (nSPS) is 12.5. The molecular formula is C20H28Cl2I2K2NO9PV. The Morgan fingerprint density at radius 2 is 1.58 bits per heavy atom. The van der Waals surface area contributed by atoms with Crippen LogP contribution in [-0.2, 0) is 33.2 Å². The Hall–Kier alpha value is 2.96. The molecule has 1 aliphatic heterocycles. The third-order valence-corrected chi connectivity index (χ3v) is 2.87. The number of hydrogen-bond acceptors (Lipinski definition) is 10. The molecule has 0 aliphatic carbocycles. The van der Waals surface area contributed by atoms with E-state index in [0.717, 1.165) is 4.83 Å². The Balaban J connectivity index is -0.000000108. The molecule has 1 aliphatic rings. The van der Waals surface area contributed by atoms with E-state index in [1.807, 2.05) is 27.5 Å². The van der Waals surface area contributed by atoms with Gasteiger partial charge in [-0.3, -0.25) is 14.6 Å². The van der Waals surface area contributed by atoms with E-state index in [-0.39, 0.29) is 139 Å². The Kier molecular flexibility index (Phi) is 41.0. The molecule has 1 heterocycles. The molecule has 1 radical (unpaired) electrons. The number of halogens is 4. The van der Waals surface area contributed by atoms with Crippen LogP contribution in [-0.4, -0.2) is 62.6 Å². The van der Waals surface area contributed by atoms with Crippen LogP contribution < -0.4 is 122 Å². The van der Waals surface area contributed by atoms with Gasteiger partial charge in [0.1, 0.15) is 14.2 Å². The van der Waals surface area contributed by atoms with Crippen molar-refractivity contribution in [1.82, 2.24) is 4.83 Å². The predicted molar refractivity (Wildman–Crippen MR) is 156 cm³/mol. The first-order valence-corrected chi connectivity index (χ1v) is 13.3. The second kappa shape index (κ2) is 40.0. The predicted octanol–water partition coefficient (Wildman–Crippen LogP) is 0.217. The molecule has 38 heavy (non-hydrogen) atoms. The molecule has 10 nitrogen and oxygen atoms in total. The average molecular weight is 917 g/mol. The smallest absolute Gasteiger partial charge is 0.504 e. The summed E-state index contributed by atoms with van der Waals surface area (Å²) in [5.41, 5.74) is 0.